The number of ether oxygens (including phenoxy) is 6. The van der Waals surface area contributed by atoms with Gasteiger partial charge in [0, 0.05) is 7.11 Å². The second kappa shape index (κ2) is 12.3. The molecule has 16 heteroatoms. The summed E-state index contributed by atoms with van der Waals surface area (Å²) in [7, 11) is 1.20. The molecule has 3 aliphatic rings. The first-order valence-electron chi connectivity index (χ1n) is 11.0. The van der Waals surface area contributed by atoms with Gasteiger partial charge in [0.1, 0.15) is 73.2 Å². The minimum absolute atomic E-state index is 0.676. The number of aliphatic hydroxyl groups excluding tert-OH is 10. The molecule has 0 unspecified atom stereocenters. The Hall–Kier alpha value is -0.640. The van der Waals surface area contributed by atoms with Crippen LogP contribution < -0.4 is 0 Å². The van der Waals surface area contributed by atoms with Gasteiger partial charge in [-0.15, -0.1) is 0 Å². The van der Waals surface area contributed by atoms with Gasteiger partial charge in [-0.3, -0.25) is 0 Å². The Morgan fingerprint density at radius 2 is 0.943 bits per heavy atom. The van der Waals surface area contributed by atoms with Crippen LogP contribution in [0.25, 0.3) is 0 Å². The van der Waals surface area contributed by atoms with E-state index in [4.69, 9.17) is 28.4 Å². The monoisotopic (exact) mass is 518 g/mol. The van der Waals surface area contributed by atoms with Crippen LogP contribution in [0.15, 0.2) is 0 Å². The number of hydrogen-bond donors (Lipinski definition) is 10. The highest BCUT2D eigenvalue weighted by Crippen LogP contribution is 2.33. The Labute approximate surface area is 199 Å². The summed E-state index contributed by atoms with van der Waals surface area (Å²) < 4.78 is 32.2. The van der Waals surface area contributed by atoms with E-state index in [-0.39, 0.29) is 0 Å². The van der Waals surface area contributed by atoms with Gasteiger partial charge in [-0.1, -0.05) is 0 Å². The van der Waals surface area contributed by atoms with Gasteiger partial charge in [0.25, 0.3) is 0 Å². The van der Waals surface area contributed by atoms with E-state index in [0.717, 1.165) is 0 Å². The molecule has 35 heavy (non-hydrogen) atoms. The molecule has 0 spiro atoms. The fourth-order valence-electron chi connectivity index (χ4n) is 4.21. The largest absolute Gasteiger partial charge is 0.394 e. The Kier molecular flexibility index (Phi) is 10.1. The van der Waals surface area contributed by atoms with E-state index in [0.29, 0.717) is 0 Å². The molecule has 206 valence electrons. The molecule has 0 aliphatic carbocycles. The molecule has 3 aliphatic heterocycles. The molecule has 15 atom stereocenters. The molecular weight excluding hydrogens is 484 g/mol. The van der Waals surface area contributed by atoms with Crippen LogP contribution in [0, 0.1) is 0 Å². The standard InChI is InChI=1S/C19H34O16/c1-30-17-14(29)15(10(25)7(4-22)31-17)34-19-16(12(27)9(24)6(3-21)33-19)35-18-13(28)11(26)8(23)5(2-20)32-18/h5-29H,2-4H2,1H3/t5-,6-,7-,8-,9-,10-,11+,12+,13-,14-,15+,16-,17+,18+,19-/m1/s1. The summed E-state index contributed by atoms with van der Waals surface area (Å²) in [5.74, 6) is 0. The molecule has 10 N–H and O–H groups in total. The Bertz CT molecular complexity index is 638. The van der Waals surface area contributed by atoms with Crippen LogP contribution >= 0.6 is 0 Å². The average molecular weight is 518 g/mol. The van der Waals surface area contributed by atoms with Crippen LogP contribution in [0.1, 0.15) is 0 Å². The lowest BCUT2D eigenvalue weighted by Gasteiger charge is -2.48. The first-order chi connectivity index (χ1) is 16.6. The lowest BCUT2D eigenvalue weighted by atomic mass is 9.96. The maximum Gasteiger partial charge on any atom is 0.187 e. The first kappa shape index (κ1) is 28.9. The molecule has 3 saturated heterocycles. The van der Waals surface area contributed by atoms with Crippen molar-refractivity contribution in [1.29, 1.82) is 0 Å². The van der Waals surface area contributed by atoms with Crippen molar-refractivity contribution in [3.63, 3.8) is 0 Å². The SMILES string of the molecule is CO[C@H]1O[C@H](CO)[C@@H](O)[C@H](O[C@H]2O[C@H](CO)[C@@H](O)[C@H](O)[C@H]2O[C@@H]2O[C@H](CO)[C@@H](O)[C@H](O)[C@H]2O)[C@H]1O. The lowest BCUT2D eigenvalue weighted by molar-refractivity contribution is -0.388. The molecule has 3 fully saturated rings. The van der Waals surface area contributed by atoms with E-state index in [1.807, 2.05) is 0 Å². The summed E-state index contributed by atoms with van der Waals surface area (Å²) >= 11 is 0. The third-order valence-corrected chi connectivity index (χ3v) is 6.31. The molecule has 0 aromatic carbocycles. The molecule has 0 bridgehead atoms. The second-order valence-electron chi connectivity index (χ2n) is 8.55. The van der Waals surface area contributed by atoms with Crippen molar-refractivity contribution >= 4 is 0 Å². The fraction of sp³-hybridized carbons (Fsp3) is 1.00. The molecule has 0 saturated carbocycles. The van der Waals surface area contributed by atoms with E-state index >= 15 is 0 Å². The summed E-state index contributed by atoms with van der Waals surface area (Å²) in [6.45, 7) is -2.21. The van der Waals surface area contributed by atoms with Gasteiger partial charge in [0.05, 0.1) is 19.8 Å². The quantitative estimate of drug-likeness (QED) is 0.143. The highest BCUT2D eigenvalue weighted by atomic mass is 16.8. The van der Waals surface area contributed by atoms with Crippen LogP contribution in [0.4, 0.5) is 0 Å². The van der Waals surface area contributed by atoms with Gasteiger partial charge in [0.2, 0.25) is 0 Å². The highest BCUT2D eigenvalue weighted by Gasteiger charge is 2.54. The maximum atomic E-state index is 10.7. The number of rotatable bonds is 8. The average Bonchev–Trinajstić information content (AvgIpc) is 2.85. The van der Waals surface area contributed by atoms with Gasteiger partial charge >= 0.3 is 0 Å². The topological polar surface area (TPSA) is 258 Å². The van der Waals surface area contributed by atoms with Crippen molar-refractivity contribution in [2.75, 3.05) is 26.9 Å². The van der Waals surface area contributed by atoms with E-state index in [1.54, 1.807) is 0 Å². The predicted molar refractivity (Wildman–Crippen MR) is 106 cm³/mol. The van der Waals surface area contributed by atoms with Crippen LogP contribution in [0.5, 0.6) is 0 Å². The van der Waals surface area contributed by atoms with E-state index in [1.165, 1.54) is 7.11 Å². The molecule has 0 aromatic heterocycles. The van der Waals surface area contributed by atoms with Crippen molar-refractivity contribution in [1.82, 2.24) is 0 Å². The highest BCUT2D eigenvalue weighted by molar-refractivity contribution is 4.96. The van der Waals surface area contributed by atoms with Gasteiger partial charge in [-0.25, -0.2) is 0 Å². The normalized spacial score (nSPS) is 51.3. The molecule has 3 heterocycles. The summed E-state index contributed by atoms with van der Waals surface area (Å²) in [4.78, 5) is 0. The third-order valence-electron chi connectivity index (χ3n) is 6.31. The van der Waals surface area contributed by atoms with Gasteiger partial charge in [0.15, 0.2) is 18.9 Å². The van der Waals surface area contributed by atoms with Crippen molar-refractivity contribution < 1.29 is 79.5 Å². The lowest BCUT2D eigenvalue weighted by Crippen LogP contribution is -2.67. The van der Waals surface area contributed by atoms with Crippen LogP contribution in [0.2, 0.25) is 0 Å². The smallest absolute Gasteiger partial charge is 0.187 e. The first-order valence-corrected chi connectivity index (χ1v) is 11.0. The Balaban J connectivity index is 1.85. The zero-order chi connectivity index (χ0) is 26.0. The molecule has 0 amide bonds. The molecule has 0 radical (unpaired) electrons. The summed E-state index contributed by atoms with van der Waals surface area (Å²) in [5.41, 5.74) is 0. The van der Waals surface area contributed by atoms with Crippen molar-refractivity contribution in [2.24, 2.45) is 0 Å². The van der Waals surface area contributed by atoms with E-state index in [9.17, 15) is 51.1 Å². The molecule has 16 nitrogen and oxygen atoms in total. The minimum Gasteiger partial charge on any atom is -0.394 e. The van der Waals surface area contributed by atoms with Gasteiger partial charge < -0.3 is 79.5 Å². The zero-order valence-corrected chi connectivity index (χ0v) is 18.7. The minimum atomic E-state index is -1.87. The number of hydrogen-bond acceptors (Lipinski definition) is 16. The van der Waals surface area contributed by atoms with Crippen molar-refractivity contribution in [3.05, 3.63) is 0 Å². The Morgan fingerprint density at radius 1 is 0.486 bits per heavy atom. The fourth-order valence-corrected chi connectivity index (χ4v) is 4.21. The van der Waals surface area contributed by atoms with Crippen LogP contribution in [-0.4, -0.2) is 170 Å². The Morgan fingerprint density at radius 3 is 1.49 bits per heavy atom. The summed E-state index contributed by atoms with van der Waals surface area (Å²) in [5, 5.41) is 101. The summed E-state index contributed by atoms with van der Waals surface area (Å²) in [6, 6.07) is 0. The maximum absolute atomic E-state index is 10.7. The number of aliphatic hydroxyl groups is 10. The van der Waals surface area contributed by atoms with Gasteiger partial charge in [-0.2, -0.15) is 0 Å². The van der Waals surface area contributed by atoms with Crippen LogP contribution in [-0.2, 0) is 28.4 Å². The summed E-state index contributed by atoms with van der Waals surface area (Å²) in [6.07, 6.45) is -24.3. The molecule has 3 rings (SSSR count). The number of methoxy groups -OCH3 is 1. The zero-order valence-electron chi connectivity index (χ0n) is 18.7. The predicted octanol–water partition coefficient (Wildman–Crippen LogP) is -6.92. The van der Waals surface area contributed by atoms with E-state index < -0.39 is 112 Å². The van der Waals surface area contributed by atoms with Crippen molar-refractivity contribution in [2.45, 2.75) is 92.1 Å². The third kappa shape index (κ3) is 5.78. The van der Waals surface area contributed by atoms with Crippen molar-refractivity contribution in [3.8, 4) is 0 Å². The second-order valence-corrected chi connectivity index (χ2v) is 8.55. The van der Waals surface area contributed by atoms with Gasteiger partial charge in [-0.05, 0) is 0 Å². The van der Waals surface area contributed by atoms with E-state index in [2.05, 4.69) is 0 Å². The molecule has 0 aromatic rings. The molecular formula is C19H34O16. The van der Waals surface area contributed by atoms with Crippen LogP contribution in [0.3, 0.4) is 0 Å².